The zero-order valence-electron chi connectivity index (χ0n) is 11.0. The standard InChI is InChI=1S/C15H10FNO3S.Na.H/c1-9(18)19-15-13(12-3-2-8-21-12)17-14(20-15)10-4-6-11(16)7-5-10;;/h2-8H,1H3;;. The molecule has 0 unspecified atom stereocenters. The number of esters is 1. The second-order valence-electron chi connectivity index (χ2n) is 4.23. The summed E-state index contributed by atoms with van der Waals surface area (Å²) in [6.45, 7) is 1.29. The zero-order valence-corrected chi connectivity index (χ0v) is 11.8. The number of thiophene rings is 1. The zero-order chi connectivity index (χ0) is 14.8. The number of oxazole rings is 1. The summed E-state index contributed by atoms with van der Waals surface area (Å²) in [6.07, 6.45) is 0. The molecule has 0 aliphatic rings. The molecule has 3 rings (SSSR count). The van der Waals surface area contributed by atoms with E-state index in [0.29, 0.717) is 11.3 Å². The van der Waals surface area contributed by atoms with Crippen LogP contribution in [0.4, 0.5) is 4.39 Å². The summed E-state index contributed by atoms with van der Waals surface area (Å²) in [5.74, 6) is -0.516. The van der Waals surface area contributed by atoms with Crippen LogP contribution in [0.15, 0.2) is 46.2 Å². The molecule has 2 heterocycles. The number of ether oxygens (including phenoxy) is 1. The van der Waals surface area contributed by atoms with E-state index in [0.717, 1.165) is 4.88 Å². The van der Waals surface area contributed by atoms with E-state index in [1.807, 2.05) is 17.5 Å². The number of hydrogen-bond acceptors (Lipinski definition) is 5. The van der Waals surface area contributed by atoms with Crippen molar-refractivity contribution in [3.05, 3.63) is 47.6 Å². The van der Waals surface area contributed by atoms with Crippen molar-refractivity contribution in [1.82, 2.24) is 4.98 Å². The molecule has 0 aliphatic carbocycles. The van der Waals surface area contributed by atoms with Crippen LogP contribution in [0.5, 0.6) is 5.95 Å². The first kappa shape index (κ1) is 16.9. The minimum absolute atomic E-state index is 0. The first-order valence-corrected chi connectivity index (χ1v) is 7.00. The van der Waals surface area contributed by atoms with Gasteiger partial charge in [0, 0.05) is 12.5 Å². The molecule has 0 radical (unpaired) electrons. The summed E-state index contributed by atoms with van der Waals surface area (Å²) in [4.78, 5) is 16.3. The van der Waals surface area contributed by atoms with Crippen LogP contribution in [0.2, 0.25) is 0 Å². The fraction of sp³-hybridized carbons (Fsp3) is 0.0667. The van der Waals surface area contributed by atoms with E-state index in [1.54, 1.807) is 12.1 Å². The van der Waals surface area contributed by atoms with Gasteiger partial charge in [-0.3, -0.25) is 4.79 Å². The summed E-state index contributed by atoms with van der Waals surface area (Å²) in [5.41, 5.74) is 1.06. The summed E-state index contributed by atoms with van der Waals surface area (Å²) < 4.78 is 23.5. The molecule has 2 aromatic heterocycles. The number of carbonyl (C=O) groups excluding carboxylic acids is 1. The van der Waals surface area contributed by atoms with Gasteiger partial charge in [0.15, 0.2) is 5.69 Å². The average molecular weight is 327 g/mol. The van der Waals surface area contributed by atoms with Crippen LogP contribution >= 0.6 is 11.3 Å². The van der Waals surface area contributed by atoms with Gasteiger partial charge in [-0.2, -0.15) is 0 Å². The van der Waals surface area contributed by atoms with Crippen LogP contribution in [-0.4, -0.2) is 40.5 Å². The SMILES string of the molecule is CC(=O)Oc1oc(-c2ccc(F)cc2)nc1-c1cccs1.[NaH]. The topological polar surface area (TPSA) is 52.3 Å². The van der Waals surface area contributed by atoms with Crippen LogP contribution in [0.1, 0.15) is 6.92 Å². The van der Waals surface area contributed by atoms with Crippen LogP contribution in [0.25, 0.3) is 22.0 Å². The molecular formula is C15H11FNNaO3S. The van der Waals surface area contributed by atoms with Gasteiger partial charge in [-0.25, -0.2) is 9.37 Å². The Morgan fingerprint density at radius 2 is 2.00 bits per heavy atom. The summed E-state index contributed by atoms with van der Waals surface area (Å²) >= 11 is 1.45. The molecule has 7 heteroatoms. The van der Waals surface area contributed by atoms with Crippen molar-refractivity contribution in [3.63, 3.8) is 0 Å². The van der Waals surface area contributed by atoms with Crippen LogP contribution in [-0.2, 0) is 4.79 Å². The van der Waals surface area contributed by atoms with E-state index in [4.69, 9.17) is 9.15 Å². The summed E-state index contributed by atoms with van der Waals surface area (Å²) in [6, 6.07) is 9.45. The molecule has 0 saturated heterocycles. The average Bonchev–Trinajstić information content (AvgIpc) is 3.08. The van der Waals surface area contributed by atoms with Gasteiger partial charge in [0.25, 0.3) is 0 Å². The molecule has 0 N–H and O–H groups in total. The number of carbonyl (C=O) groups is 1. The molecule has 3 aromatic rings. The fourth-order valence-corrected chi connectivity index (χ4v) is 2.49. The second kappa shape index (κ2) is 7.19. The Morgan fingerprint density at radius 1 is 1.27 bits per heavy atom. The van der Waals surface area contributed by atoms with E-state index >= 15 is 0 Å². The Labute approximate surface area is 152 Å². The number of rotatable bonds is 3. The van der Waals surface area contributed by atoms with E-state index in [-0.39, 0.29) is 47.2 Å². The second-order valence-corrected chi connectivity index (χ2v) is 5.18. The first-order valence-electron chi connectivity index (χ1n) is 6.12. The van der Waals surface area contributed by atoms with E-state index < -0.39 is 5.97 Å². The van der Waals surface area contributed by atoms with Crippen LogP contribution in [0, 0.1) is 5.82 Å². The van der Waals surface area contributed by atoms with Crippen molar-refractivity contribution in [2.45, 2.75) is 6.92 Å². The predicted octanol–water partition coefficient (Wildman–Crippen LogP) is 3.49. The molecule has 108 valence electrons. The molecule has 0 amide bonds. The number of halogens is 1. The van der Waals surface area contributed by atoms with E-state index in [2.05, 4.69) is 4.98 Å². The third kappa shape index (κ3) is 3.64. The molecule has 0 saturated carbocycles. The van der Waals surface area contributed by atoms with E-state index in [1.165, 1.54) is 30.4 Å². The molecule has 22 heavy (non-hydrogen) atoms. The van der Waals surface area contributed by atoms with Crippen molar-refractivity contribution in [3.8, 4) is 28.0 Å². The van der Waals surface area contributed by atoms with Crippen molar-refractivity contribution in [2.75, 3.05) is 0 Å². The summed E-state index contributed by atoms with van der Waals surface area (Å²) in [5, 5.41) is 1.89. The van der Waals surface area contributed by atoms with Crippen LogP contribution in [0.3, 0.4) is 0 Å². The third-order valence-corrected chi connectivity index (χ3v) is 3.55. The Kier molecular flexibility index (Phi) is 5.52. The van der Waals surface area contributed by atoms with Crippen LogP contribution < -0.4 is 4.74 Å². The van der Waals surface area contributed by atoms with Gasteiger partial charge < -0.3 is 9.15 Å². The monoisotopic (exact) mass is 327 g/mol. The Morgan fingerprint density at radius 3 is 2.59 bits per heavy atom. The van der Waals surface area contributed by atoms with Gasteiger partial charge in [0.1, 0.15) is 5.82 Å². The van der Waals surface area contributed by atoms with Gasteiger partial charge in [-0.15, -0.1) is 11.3 Å². The van der Waals surface area contributed by atoms with Gasteiger partial charge >= 0.3 is 41.5 Å². The maximum atomic E-state index is 13.0. The Balaban J connectivity index is 0.00000176. The minimum atomic E-state index is -0.491. The number of benzene rings is 1. The predicted molar refractivity (Wildman–Crippen MR) is 83.7 cm³/mol. The molecule has 0 fully saturated rings. The molecular weight excluding hydrogens is 316 g/mol. The first-order chi connectivity index (χ1) is 10.1. The summed E-state index contributed by atoms with van der Waals surface area (Å²) in [7, 11) is 0. The van der Waals surface area contributed by atoms with Gasteiger partial charge in [-0.1, -0.05) is 6.07 Å². The van der Waals surface area contributed by atoms with Crippen molar-refractivity contribution < 1.29 is 18.3 Å². The number of hydrogen-bond donors (Lipinski definition) is 0. The quantitative estimate of drug-likeness (QED) is 0.546. The van der Waals surface area contributed by atoms with Crippen molar-refractivity contribution in [1.29, 1.82) is 0 Å². The molecule has 1 aromatic carbocycles. The van der Waals surface area contributed by atoms with Crippen molar-refractivity contribution in [2.24, 2.45) is 0 Å². The molecule has 0 atom stereocenters. The molecule has 0 bridgehead atoms. The molecule has 0 aliphatic heterocycles. The van der Waals surface area contributed by atoms with Gasteiger partial charge in [0.2, 0.25) is 5.89 Å². The maximum absolute atomic E-state index is 13.0. The number of nitrogens with zero attached hydrogens (tertiary/aromatic N) is 1. The fourth-order valence-electron chi connectivity index (χ4n) is 1.79. The third-order valence-electron chi connectivity index (χ3n) is 2.68. The van der Waals surface area contributed by atoms with Crippen molar-refractivity contribution >= 4 is 46.9 Å². The number of aromatic nitrogens is 1. The van der Waals surface area contributed by atoms with Gasteiger partial charge in [-0.05, 0) is 35.7 Å². The Hall–Kier alpha value is -1.47. The normalized spacial score (nSPS) is 10.1. The molecule has 0 spiro atoms. The van der Waals surface area contributed by atoms with E-state index in [9.17, 15) is 9.18 Å². The molecule has 4 nitrogen and oxygen atoms in total. The Bertz CT molecular complexity index is 769. The van der Waals surface area contributed by atoms with Gasteiger partial charge in [0.05, 0.1) is 4.88 Å².